The monoisotopic (exact) mass is 250 g/mol. The van der Waals surface area contributed by atoms with Crippen LogP contribution in [0.4, 0.5) is 0 Å². The molecule has 0 aliphatic heterocycles. The Hall–Kier alpha value is -1.55. The molecule has 0 aliphatic carbocycles. The highest BCUT2D eigenvalue weighted by Gasteiger charge is 2.13. The van der Waals surface area contributed by atoms with Gasteiger partial charge in [-0.1, -0.05) is 24.6 Å². The first-order valence-corrected chi connectivity index (χ1v) is 6.27. The zero-order valence-corrected chi connectivity index (χ0v) is 11.3. The molecular weight excluding hydrogens is 228 g/mol. The molecule has 3 N–H and O–H groups in total. The molecule has 100 valence electrons. The molecule has 4 heteroatoms. The van der Waals surface area contributed by atoms with E-state index < -0.39 is 0 Å². The molecule has 0 heterocycles. The first-order valence-electron chi connectivity index (χ1n) is 6.27. The second-order valence-corrected chi connectivity index (χ2v) is 4.42. The summed E-state index contributed by atoms with van der Waals surface area (Å²) in [6.45, 7) is 7.20. The second kappa shape index (κ2) is 7.01. The molecule has 1 aromatic carbocycles. The fourth-order valence-corrected chi connectivity index (χ4v) is 1.84. The molecular formula is C14H22N2O2. The van der Waals surface area contributed by atoms with Gasteiger partial charge in [0.1, 0.15) is 5.75 Å². The van der Waals surface area contributed by atoms with E-state index in [-0.39, 0.29) is 11.9 Å². The SMILES string of the molecule is CCNC(CCOc1ccc(C)cc1C)C(N)=O. The molecule has 0 aromatic heterocycles. The Morgan fingerprint density at radius 1 is 1.44 bits per heavy atom. The Morgan fingerprint density at radius 3 is 2.72 bits per heavy atom. The highest BCUT2D eigenvalue weighted by atomic mass is 16.5. The summed E-state index contributed by atoms with van der Waals surface area (Å²) in [6, 6.07) is 5.72. The lowest BCUT2D eigenvalue weighted by Gasteiger charge is -2.15. The van der Waals surface area contributed by atoms with E-state index in [4.69, 9.17) is 10.5 Å². The van der Waals surface area contributed by atoms with Crippen LogP contribution in [0.25, 0.3) is 0 Å². The summed E-state index contributed by atoms with van der Waals surface area (Å²) < 4.78 is 5.67. The maximum atomic E-state index is 11.1. The minimum Gasteiger partial charge on any atom is -0.493 e. The molecule has 0 radical (unpaired) electrons. The van der Waals surface area contributed by atoms with E-state index in [1.54, 1.807) is 0 Å². The van der Waals surface area contributed by atoms with Crippen molar-refractivity contribution in [1.82, 2.24) is 5.32 Å². The number of ether oxygens (including phenoxy) is 1. The highest BCUT2D eigenvalue weighted by molar-refractivity contribution is 5.79. The molecule has 1 atom stereocenters. The molecule has 1 unspecified atom stereocenters. The standard InChI is InChI=1S/C14H22N2O2/c1-4-16-12(14(15)17)7-8-18-13-6-5-10(2)9-11(13)3/h5-6,9,12,16H,4,7-8H2,1-3H3,(H2,15,17). The van der Waals surface area contributed by atoms with Crippen LogP contribution in [-0.2, 0) is 4.79 Å². The third kappa shape index (κ3) is 4.37. The second-order valence-electron chi connectivity index (χ2n) is 4.42. The van der Waals surface area contributed by atoms with E-state index in [0.29, 0.717) is 13.0 Å². The van der Waals surface area contributed by atoms with Gasteiger partial charge in [-0.25, -0.2) is 0 Å². The van der Waals surface area contributed by atoms with Crippen LogP contribution in [0.1, 0.15) is 24.5 Å². The van der Waals surface area contributed by atoms with E-state index in [9.17, 15) is 4.79 Å². The van der Waals surface area contributed by atoms with Gasteiger partial charge in [0.15, 0.2) is 0 Å². The average molecular weight is 250 g/mol. The number of amides is 1. The van der Waals surface area contributed by atoms with Crippen LogP contribution in [-0.4, -0.2) is 25.1 Å². The Labute approximate surface area is 109 Å². The van der Waals surface area contributed by atoms with Gasteiger partial charge in [0.25, 0.3) is 0 Å². The molecule has 0 spiro atoms. The first kappa shape index (κ1) is 14.5. The molecule has 0 bridgehead atoms. The number of aryl methyl sites for hydroxylation is 2. The third-order valence-corrected chi connectivity index (χ3v) is 2.79. The number of hydrogen-bond acceptors (Lipinski definition) is 3. The number of nitrogens with one attached hydrogen (secondary N) is 1. The van der Waals surface area contributed by atoms with Crippen LogP contribution >= 0.6 is 0 Å². The summed E-state index contributed by atoms with van der Waals surface area (Å²) in [4.78, 5) is 11.1. The zero-order valence-electron chi connectivity index (χ0n) is 11.3. The van der Waals surface area contributed by atoms with Crippen molar-refractivity contribution < 1.29 is 9.53 Å². The maximum absolute atomic E-state index is 11.1. The molecule has 1 rings (SSSR count). The van der Waals surface area contributed by atoms with Crippen molar-refractivity contribution >= 4 is 5.91 Å². The zero-order chi connectivity index (χ0) is 13.5. The molecule has 0 aliphatic rings. The Balaban J connectivity index is 2.47. The topological polar surface area (TPSA) is 64.3 Å². The third-order valence-electron chi connectivity index (χ3n) is 2.79. The smallest absolute Gasteiger partial charge is 0.234 e. The van der Waals surface area contributed by atoms with Gasteiger partial charge in [-0.2, -0.15) is 0 Å². The molecule has 4 nitrogen and oxygen atoms in total. The lowest BCUT2D eigenvalue weighted by Crippen LogP contribution is -2.42. The van der Waals surface area contributed by atoms with Crippen molar-refractivity contribution in [3.63, 3.8) is 0 Å². The van der Waals surface area contributed by atoms with Gasteiger partial charge in [0.05, 0.1) is 12.6 Å². The summed E-state index contributed by atoms with van der Waals surface area (Å²) in [7, 11) is 0. The van der Waals surface area contributed by atoms with E-state index in [0.717, 1.165) is 17.9 Å². The number of nitrogens with two attached hydrogens (primary N) is 1. The molecule has 0 fully saturated rings. The van der Waals surface area contributed by atoms with E-state index in [2.05, 4.69) is 11.4 Å². The molecule has 18 heavy (non-hydrogen) atoms. The molecule has 0 saturated carbocycles. The Kier molecular flexibility index (Phi) is 5.65. The van der Waals surface area contributed by atoms with E-state index in [1.165, 1.54) is 5.56 Å². The summed E-state index contributed by atoms with van der Waals surface area (Å²) in [6.07, 6.45) is 0.580. The van der Waals surface area contributed by atoms with Crippen molar-refractivity contribution in [3.05, 3.63) is 29.3 Å². The van der Waals surface area contributed by atoms with Crippen molar-refractivity contribution in [1.29, 1.82) is 0 Å². The number of carbonyl (C=O) groups is 1. The maximum Gasteiger partial charge on any atom is 0.234 e. The summed E-state index contributed by atoms with van der Waals surface area (Å²) in [5.41, 5.74) is 7.61. The number of hydrogen-bond donors (Lipinski definition) is 2. The van der Waals surface area contributed by atoms with Crippen molar-refractivity contribution in [3.8, 4) is 5.75 Å². The van der Waals surface area contributed by atoms with Crippen molar-refractivity contribution in [2.75, 3.05) is 13.2 Å². The largest absolute Gasteiger partial charge is 0.493 e. The number of benzene rings is 1. The van der Waals surface area contributed by atoms with E-state index in [1.807, 2.05) is 32.9 Å². The van der Waals surface area contributed by atoms with Crippen LogP contribution < -0.4 is 15.8 Å². The number of primary amides is 1. The van der Waals surface area contributed by atoms with Crippen LogP contribution in [0.15, 0.2) is 18.2 Å². The van der Waals surface area contributed by atoms with Gasteiger partial charge in [-0.05, 0) is 32.0 Å². The molecule has 0 saturated heterocycles. The van der Waals surface area contributed by atoms with Crippen molar-refractivity contribution in [2.45, 2.75) is 33.2 Å². The number of likely N-dealkylation sites (N-methyl/N-ethyl adjacent to an activating group) is 1. The average Bonchev–Trinajstić information content (AvgIpc) is 2.30. The van der Waals surface area contributed by atoms with Gasteiger partial charge < -0.3 is 15.8 Å². The van der Waals surface area contributed by atoms with Crippen LogP contribution in [0.2, 0.25) is 0 Å². The number of carbonyl (C=O) groups excluding carboxylic acids is 1. The normalized spacial score (nSPS) is 12.2. The highest BCUT2D eigenvalue weighted by Crippen LogP contribution is 2.18. The van der Waals surface area contributed by atoms with Gasteiger partial charge in [0.2, 0.25) is 5.91 Å². The summed E-state index contributed by atoms with van der Waals surface area (Å²) >= 11 is 0. The predicted molar refractivity (Wildman–Crippen MR) is 72.7 cm³/mol. The number of rotatable bonds is 7. The molecule has 1 aromatic rings. The van der Waals surface area contributed by atoms with Gasteiger partial charge in [-0.15, -0.1) is 0 Å². The fraction of sp³-hybridized carbons (Fsp3) is 0.500. The van der Waals surface area contributed by atoms with Gasteiger partial charge in [-0.3, -0.25) is 4.79 Å². The minimum absolute atomic E-state index is 0.319. The summed E-state index contributed by atoms with van der Waals surface area (Å²) in [5.74, 6) is 0.529. The van der Waals surface area contributed by atoms with Crippen LogP contribution in [0, 0.1) is 13.8 Å². The Morgan fingerprint density at radius 2 is 2.17 bits per heavy atom. The lowest BCUT2D eigenvalue weighted by atomic mass is 10.1. The molecule has 1 amide bonds. The fourth-order valence-electron chi connectivity index (χ4n) is 1.84. The van der Waals surface area contributed by atoms with Crippen molar-refractivity contribution in [2.24, 2.45) is 5.73 Å². The van der Waals surface area contributed by atoms with E-state index >= 15 is 0 Å². The minimum atomic E-state index is -0.332. The Bertz CT molecular complexity index is 405. The van der Waals surface area contributed by atoms with Crippen LogP contribution in [0.5, 0.6) is 5.75 Å². The lowest BCUT2D eigenvalue weighted by molar-refractivity contribution is -0.120. The summed E-state index contributed by atoms with van der Waals surface area (Å²) in [5, 5.41) is 3.04. The van der Waals surface area contributed by atoms with Gasteiger partial charge >= 0.3 is 0 Å². The van der Waals surface area contributed by atoms with Crippen LogP contribution in [0.3, 0.4) is 0 Å². The van der Waals surface area contributed by atoms with Gasteiger partial charge in [0, 0.05) is 6.42 Å². The predicted octanol–water partition coefficient (Wildman–Crippen LogP) is 1.54. The first-order chi connectivity index (χ1) is 8.54. The quantitative estimate of drug-likeness (QED) is 0.771.